The van der Waals surface area contributed by atoms with E-state index in [2.05, 4.69) is 20.3 Å². The first-order valence-corrected chi connectivity index (χ1v) is 16.4. The second-order valence-electron chi connectivity index (χ2n) is 12.0. The van der Waals surface area contributed by atoms with Gasteiger partial charge >= 0.3 is 6.09 Å². The highest BCUT2D eigenvalue weighted by Gasteiger charge is 2.33. The monoisotopic (exact) mass is 722 g/mol. The Morgan fingerprint density at radius 3 is 2.53 bits per heavy atom. The summed E-state index contributed by atoms with van der Waals surface area (Å²) in [6.07, 6.45) is 0.823. The smallest absolute Gasteiger partial charge is 0.410 e. The number of nitrogens with one attached hydrogen (secondary N) is 1. The highest BCUT2D eigenvalue weighted by Crippen LogP contribution is 2.40. The molecule has 1 aliphatic rings. The summed E-state index contributed by atoms with van der Waals surface area (Å²) < 4.78 is 95.4. The van der Waals surface area contributed by atoms with Gasteiger partial charge in [-0.25, -0.2) is 41.3 Å². The highest BCUT2D eigenvalue weighted by molar-refractivity contribution is 7.74. The van der Waals surface area contributed by atoms with Gasteiger partial charge in [0.1, 0.15) is 17.6 Å². The van der Waals surface area contributed by atoms with Gasteiger partial charge in [-0.15, -0.1) is 0 Å². The Kier molecular flexibility index (Phi) is 10.8. The molecule has 4 aromatic rings. The van der Waals surface area contributed by atoms with Crippen molar-refractivity contribution in [1.82, 2.24) is 19.9 Å². The fraction of sp³-hybridized carbons (Fsp3) is 0.312. The minimum Gasteiger partial charge on any atom is -0.444 e. The maximum atomic E-state index is 15.5. The summed E-state index contributed by atoms with van der Waals surface area (Å²) in [5.41, 5.74) is -1.16. The van der Waals surface area contributed by atoms with Crippen molar-refractivity contribution in [3.63, 3.8) is 0 Å². The maximum absolute atomic E-state index is 15.5. The average Bonchev–Trinajstić information content (AvgIpc) is 3.03. The lowest BCUT2D eigenvalue weighted by molar-refractivity contribution is 0.0124. The summed E-state index contributed by atoms with van der Waals surface area (Å²) in [4.78, 5) is 26.6. The van der Waals surface area contributed by atoms with Crippen LogP contribution in [0, 0.1) is 17.5 Å². The number of nitrogens with zero attached hydrogens (tertiary/aromatic N) is 5. The Hall–Kier alpha value is -4.70. The van der Waals surface area contributed by atoms with Crippen molar-refractivity contribution in [3.05, 3.63) is 89.0 Å². The largest absolute Gasteiger partial charge is 0.444 e. The van der Waals surface area contributed by atoms with Gasteiger partial charge in [-0.2, -0.15) is 4.39 Å². The number of hydrogen-bond acceptors (Lipinski definition) is 9. The Morgan fingerprint density at radius 1 is 1.06 bits per heavy atom. The first-order chi connectivity index (χ1) is 23.2. The predicted molar refractivity (Wildman–Crippen MR) is 174 cm³/mol. The molecule has 0 spiro atoms. The SMILES string of the molecule is CC(C)(C)OC(=O)N1C[C@@H](F)C[C@H](Nc2nccc(-c3cccnc3Oc3c(Cl)cc(N(Cc4ccccc4F)[SH](=O)=O)c(F)c3F)n2)C1. The van der Waals surface area contributed by atoms with Crippen LogP contribution in [0.25, 0.3) is 11.3 Å². The molecule has 49 heavy (non-hydrogen) atoms. The number of likely N-dealkylation sites (tertiary alicyclic amines) is 1. The number of aromatic nitrogens is 3. The topological polar surface area (TPSA) is 127 Å². The van der Waals surface area contributed by atoms with E-state index in [0.717, 1.165) is 12.1 Å². The van der Waals surface area contributed by atoms with E-state index in [0.29, 0.717) is 4.31 Å². The number of ether oxygens (including phenoxy) is 2. The fourth-order valence-electron chi connectivity index (χ4n) is 5.01. The summed E-state index contributed by atoms with van der Waals surface area (Å²) in [5.74, 6) is -4.92. The molecule has 0 unspecified atom stereocenters. The number of hydrogen-bond donors (Lipinski definition) is 2. The van der Waals surface area contributed by atoms with Gasteiger partial charge in [0.15, 0.2) is 11.6 Å². The number of piperidine rings is 1. The van der Waals surface area contributed by atoms with E-state index >= 15 is 8.78 Å². The third-order valence-corrected chi connectivity index (χ3v) is 8.17. The molecule has 1 amide bonds. The molecule has 1 N–H and O–H groups in total. The molecule has 1 saturated heterocycles. The zero-order valence-electron chi connectivity index (χ0n) is 26.4. The lowest BCUT2D eigenvalue weighted by Crippen LogP contribution is -2.51. The lowest BCUT2D eigenvalue weighted by atomic mass is 10.0. The van der Waals surface area contributed by atoms with Crippen LogP contribution in [0.5, 0.6) is 11.6 Å². The van der Waals surface area contributed by atoms with Gasteiger partial charge in [0.2, 0.25) is 28.5 Å². The molecule has 2 aromatic heterocycles. The van der Waals surface area contributed by atoms with E-state index in [4.69, 9.17) is 21.1 Å². The number of anilines is 2. The van der Waals surface area contributed by atoms with Crippen LogP contribution < -0.4 is 14.4 Å². The normalized spacial score (nSPS) is 16.4. The molecule has 11 nitrogen and oxygen atoms in total. The molecule has 1 fully saturated rings. The molecule has 3 heterocycles. The van der Waals surface area contributed by atoms with Gasteiger partial charge in [-0.05, 0) is 51.1 Å². The van der Waals surface area contributed by atoms with Gasteiger partial charge in [0, 0.05) is 37.0 Å². The van der Waals surface area contributed by atoms with Gasteiger partial charge < -0.3 is 19.7 Å². The maximum Gasteiger partial charge on any atom is 0.410 e. The third kappa shape index (κ3) is 8.67. The predicted octanol–water partition coefficient (Wildman–Crippen LogP) is 6.69. The van der Waals surface area contributed by atoms with E-state index in [9.17, 15) is 22.0 Å². The highest BCUT2D eigenvalue weighted by atomic mass is 35.5. The Labute approximate surface area is 285 Å². The minimum absolute atomic E-state index is 0.0752. The van der Waals surface area contributed by atoms with Crippen LogP contribution in [0.4, 0.5) is 34.0 Å². The van der Waals surface area contributed by atoms with Crippen LogP contribution in [-0.2, 0) is 22.2 Å². The molecule has 17 heteroatoms. The summed E-state index contributed by atoms with van der Waals surface area (Å²) in [7, 11) is -3.55. The van der Waals surface area contributed by atoms with E-state index in [1.807, 2.05) is 0 Å². The van der Waals surface area contributed by atoms with Gasteiger partial charge in [-0.3, -0.25) is 4.31 Å². The minimum atomic E-state index is -3.55. The van der Waals surface area contributed by atoms with Crippen molar-refractivity contribution in [3.8, 4) is 22.9 Å². The van der Waals surface area contributed by atoms with Crippen molar-refractivity contribution in [2.45, 2.75) is 51.6 Å². The standard InChI is InChI=1S/C32H31ClF4N6O5S/c1-32(2,3)48-31(44)42-16-19(34)13-20(17-42)40-30-39-12-10-24(41-30)21-8-6-11-38-29(21)47-28-22(33)14-25(26(36)27(28)37)43(49(45)46)15-18-7-4-5-9-23(18)35/h4-12,14,19-20,49H,13,15-17H2,1-3H3,(H,39,40,41)/t19-,20-/m0/s1. The Morgan fingerprint density at radius 2 is 1.82 bits per heavy atom. The van der Waals surface area contributed by atoms with E-state index in [1.54, 1.807) is 20.8 Å². The van der Waals surface area contributed by atoms with E-state index in [-0.39, 0.29) is 48.2 Å². The molecule has 1 aliphatic heterocycles. The Balaban J connectivity index is 1.39. The number of rotatable bonds is 9. The zero-order valence-corrected chi connectivity index (χ0v) is 28.0. The average molecular weight is 723 g/mol. The molecule has 0 bridgehead atoms. The Bertz CT molecular complexity index is 1920. The third-order valence-electron chi connectivity index (χ3n) is 7.14. The first-order valence-electron chi connectivity index (χ1n) is 14.9. The van der Waals surface area contributed by atoms with Gasteiger partial charge in [0.25, 0.3) is 0 Å². The van der Waals surface area contributed by atoms with Crippen molar-refractivity contribution < 1.29 is 40.2 Å². The molecule has 0 radical (unpaired) electrons. The number of thiol groups is 1. The number of amides is 1. The molecule has 2 aromatic carbocycles. The number of halogens is 5. The van der Waals surface area contributed by atoms with Crippen LogP contribution in [-0.4, -0.2) is 65.3 Å². The summed E-state index contributed by atoms with van der Waals surface area (Å²) in [6, 6.07) is 10.1. The molecule has 260 valence electrons. The lowest BCUT2D eigenvalue weighted by Gasteiger charge is -2.36. The quantitative estimate of drug-likeness (QED) is 0.110. The second kappa shape index (κ2) is 14.8. The van der Waals surface area contributed by atoms with Crippen molar-refractivity contribution in [2.75, 3.05) is 22.7 Å². The summed E-state index contributed by atoms with van der Waals surface area (Å²) >= 11 is 6.29. The van der Waals surface area contributed by atoms with Crippen LogP contribution in [0.1, 0.15) is 32.8 Å². The summed E-state index contributed by atoms with van der Waals surface area (Å²) in [5, 5.41) is 2.53. The van der Waals surface area contributed by atoms with E-state index in [1.165, 1.54) is 53.7 Å². The van der Waals surface area contributed by atoms with Crippen LogP contribution in [0.15, 0.2) is 60.9 Å². The molecular formula is C32H31ClF4N6O5S. The molecule has 5 rings (SSSR count). The van der Waals surface area contributed by atoms with Crippen molar-refractivity contribution >= 4 is 40.2 Å². The number of carbonyl (C=O) groups is 1. The first kappa shape index (κ1) is 35.6. The zero-order chi connectivity index (χ0) is 35.5. The van der Waals surface area contributed by atoms with Crippen molar-refractivity contribution in [1.29, 1.82) is 0 Å². The number of benzene rings is 2. The molecular weight excluding hydrogens is 692 g/mol. The van der Waals surface area contributed by atoms with Gasteiger partial charge in [-0.1, -0.05) is 29.8 Å². The van der Waals surface area contributed by atoms with Crippen LogP contribution >= 0.6 is 11.6 Å². The number of alkyl halides is 1. The molecule has 2 atom stereocenters. The molecule has 0 aliphatic carbocycles. The second-order valence-corrected chi connectivity index (χ2v) is 13.4. The fourth-order valence-corrected chi connectivity index (χ4v) is 5.82. The van der Waals surface area contributed by atoms with E-state index < -0.39 is 75.3 Å². The van der Waals surface area contributed by atoms with Crippen molar-refractivity contribution in [2.24, 2.45) is 0 Å². The van der Waals surface area contributed by atoms with Gasteiger partial charge in [0.05, 0.1) is 35.1 Å². The number of pyridine rings is 1. The molecule has 0 saturated carbocycles. The van der Waals surface area contributed by atoms with Crippen LogP contribution in [0.3, 0.4) is 0 Å². The van der Waals surface area contributed by atoms with Crippen LogP contribution in [0.2, 0.25) is 5.02 Å². The summed E-state index contributed by atoms with van der Waals surface area (Å²) in [6.45, 7) is 4.52. The number of carbonyl (C=O) groups excluding carboxylic acids is 1.